The highest BCUT2D eigenvalue weighted by Crippen LogP contribution is 2.37. The van der Waals surface area contributed by atoms with Gasteiger partial charge in [-0.3, -0.25) is 9.80 Å². The molecule has 0 radical (unpaired) electrons. The number of fused-ring (bicyclic) bond motifs is 5. The maximum atomic E-state index is 13.4. The summed E-state index contributed by atoms with van der Waals surface area (Å²) in [6.07, 6.45) is 4.99. The number of carbonyl (C=O) groups excluding carboxylic acids is 1. The molecule has 2 atom stereocenters. The van der Waals surface area contributed by atoms with Crippen LogP contribution in [0.2, 0.25) is 0 Å². The molecule has 30 heavy (non-hydrogen) atoms. The number of amides is 1. The van der Waals surface area contributed by atoms with Crippen LogP contribution in [0.1, 0.15) is 35.6 Å². The molecule has 5 heteroatoms. The van der Waals surface area contributed by atoms with Crippen LogP contribution in [0.25, 0.3) is 10.9 Å². The lowest BCUT2D eigenvalue weighted by Gasteiger charge is -2.45. The Kier molecular flexibility index (Phi) is 4.30. The second-order valence-corrected chi connectivity index (χ2v) is 8.93. The SMILES string of the molecule is O=C(O[C@@H]1CN2CCC1CC2)N1CCc2ccccc2[C@H]1c1ccc2[nH]ccc2c1. The van der Waals surface area contributed by atoms with Crippen LogP contribution in [-0.2, 0) is 11.2 Å². The number of nitrogens with one attached hydrogen (secondary N) is 1. The van der Waals surface area contributed by atoms with E-state index in [-0.39, 0.29) is 18.2 Å². The van der Waals surface area contributed by atoms with Gasteiger partial charge in [0, 0.05) is 24.8 Å². The third-order valence-electron chi connectivity index (χ3n) is 7.26. The average molecular weight is 402 g/mol. The number of piperidine rings is 3. The highest BCUT2D eigenvalue weighted by atomic mass is 16.6. The van der Waals surface area contributed by atoms with Crippen LogP contribution in [0.15, 0.2) is 54.7 Å². The van der Waals surface area contributed by atoms with Crippen molar-refractivity contribution in [1.82, 2.24) is 14.8 Å². The predicted octanol–water partition coefficient (Wildman–Crippen LogP) is 4.35. The summed E-state index contributed by atoms with van der Waals surface area (Å²) in [6.45, 7) is 3.87. The molecular formula is C25H27N3O2. The fraction of sp³-hybridized carbons (Fsp3) is 0.400. The van der Waals surface area contributed by atoms with Crippen LogP contribution < -0.4 is 0 Å². The lowest BCUT2D eigenvalue weighted by molar-refractivity contribution is -0.0462. The van der Waals surface area contributed by atoms with Crippen LogP contribution in [0, 0.1) is 5.92 Å². The molecule has 154 valence electrons. The standard InChI is InChI=1S/C25H27N3O2/c29-25(30-23-16-27-12-8-18(23)9-13-27)28-14-10-17-3-1-2-4-21(17)24(28)20-5-6-22-19(15-20)7-11-26-22/h1-7,11,15,18,23-24,26H,8-10,12-14,16H2/t23-,24-/m1/s1. The largest absolute Gasteiger partial charge is 0.444 e. The monoisotopic (exact) mass is 401 g/mol. The molecule has 2 aromatic carbocycles. The molecule has 3 aromatic rings. The van der Waals surface area contributed by atoms with Crippen molar-refractivity contribution in [1.29, 1.82) is 0 Å². The molecule has 3 saturated heterocycles. The fourth-order valence-corrected chi connectivity index (χ4v) is 5.61. The van der Waals surface area contributed by atoms with Crippen molar-refractivity contribution in [3.63, 3.8) is 0 Å². The van der Waals surface area contributed by atoms with Gasteiger partial charge in [-0.15, -0.1) is 0 Å². The maximum Gasteiger partial charge on any atom is 0.410 e. The van der Waals surface area contributed by atoms with E-state index in [2.05, 4.69) is 58.4 Å². The normalized spacial score (nSPS) is 27.8. The third-order valence-corrected chi connectivity index (χ3v) is 7.26. The minimum Gasteiger partial charge on any atom is -0.444 e. The Labute approximate surface area is 176 Å². The molecule has 1 aromatic heterocycles. The van der Waals surface area contributed by atoms with Gasteiger partial charge in [-0.2, -0.15) is 0 Å². The minimum absolute atomic E-state index is 0.0324. The Morgan fingerprint density at radius 2 is 1.90 bits per heavy atom. The van der Waals surface area contributed by atoms with Gasteiger partial charge in [0.1, 0.15) is 6.10 Å². The molecule has 1 N–H and O–H groups in total. The third kappa shape index (κ3) is 3.00. The number of ether oxygens (including phenoxy) is 1. The van der Waals surface area contributed by atoms with Crippen molar-refractivity contribution in [3.8, 4) is 0 Å². The number of benzene rings is 2. The summed E-state index contributed by atoms with van der Waals surface area (Å²) in [5.41, 5.74) is 4.79. The van der Waals surface area contributed by atoms with Crippen molar-refractivity contribution in [2.75, 3.05) is 26.2 Å². The van der Waals surface area contributed by atoms with Crippen LogP contribution >= 0.6 is 0 Å². The van der Waals surface area contributed by atoms with E-state index in [0.717, 1.165) is 50.0 Å². The van der Waals surface area contributed by atoms with E-state index in [9.17, 15) is 4.79 Å². The second-order valence-electron chi connectivity index (χ2n) is 8.93. The van der Waals surface area contributed by atoms with E-state index in [0.29, 0.717) is 12.5 Å². The van der Waals surface area contributed by atoms with Gasteiger partial charge in [-0.05, 0) is 78.5 Å². The first-order chi connectivity index (χ1) is 14.8. The van der Waals surface area contributed by atoms with E-state index in [4.69, 9.17) is 4.74 Å². The molecule has 0 aliphatic carbocycles. The van der Waals surface area contributed by atoms with E-state index in [1.54, 1.807) is 0 Å². The zero-order chi connectivity index (χ0) is 20.1. The molecule has 2 bridgehead atoms. The van der Waals surface area contributed by atoms with E-state index in [1.165, 1.54) is 16.5 Å². The molecule has 3 fully saturated rings. The molecule has 5 heterocycles. The minimum atomic E-state index is -0.164. The Hall–Kier alpha value is -2.79. The molecule has 1 amide bonds. The Morgan fingerprint density at radius 3 is 2.73 bits per heavy atom. The molecule has 5 nitrogen and oxygen atoms in total. The Morgan fingerprint density at radius 1 is 1.03 bits per heavy atom. The topological polar surface area (TPSA) is 48.6 Å². The summed E-state index contributed by atoms with van der Waals surface area (Å²) in [7, 11) is 0. The fourth-order valence-electron chi connectivity index (χ4n) is 5.61. The number of carbonyl (C=O) groups is 1. The number of aromatic nitrogens is 1. The summed E-state index contributed by atoms with van der Waals surface area (Å²) >= 11 is 0. The summed E-state index contributed by atoms with van der Waals surface area (Å²) in [4.78, 5) is 21.1. The number of rotatable bonds is 2. The van der Waals surface area contributed by atoms with Crippen LogP contribution in [-0.4, -0.2) is 53.2 Å². The zero-order valence-corrected chi connectivity index (χ0v) is 17.1. The van der Waals surface area contributed by atoms with Gasteiger partial charge in [0.05, 0.1) is 6.04 Å². The van der Waals surface area contributed by atoms with E-state index in [1.807, 2.05) is 11.1 Å². The Balaban J connectivity index is 1.34. The first kappa shape index (κ1) is 18.0. The van der Waals surface area contributed by atoms with Crippen LogP contribution in [0.4, 0.5) is 4.79 Å². The lowest BCUT2D eigenvalue weighted by Crippen LogP contribution is -2.53. The van der Waals surface area contributed by atoms with E-state index < -0.39 is 0 Å². The maximum absolute atomic E-state index is 13.4. The van der Waals surface area contributed by atoms with Crippen LogP contribution in [0.3, 0.4) is 0 Å². The molecule has 0 saturated carbocycles. The van der Waals surface area contributed by atoms with Gasteiger partial charge >= 0.3 is 6.09 Å². The number of hydrogen-bond acceptors (Lipinski definition) is 3. The van der Waals surface area contributed by atoms with Crippen molar-refractivity contribution in [3.05, 3.63) is 71.4 Å². The molecule has 0 unspecified atom stereocenters. The smallest absolute Gasteiger partial charge is 0.410 e. The predicted molar refractivity (Wildman–Crippen MR) is 116 cm³/mol. The highest BCUT2D eigenvalue weighted by molar-refractivity contribution is 5.80. The number of hydrogen-bond donors (Lipinski definition) is 1. The van der Waals surface area contributed by atoms with Gasteiger partial charge in [-0.1, -0.05) is 30.3 Å². The number of aromatic amines is 1. The molecule has 0 spiro atoms. The number of nitrogens with zero attached hydrogens (tertiary/aromatic N) is 2. The molecule has 7 rings (SSSR count). The molecule has 4 aliphatic rings. The highest BCUT2D eigenvalue weighted by Gasteiger charge is 2.39. The zero-order valence-electron chi connectivity index (χ0n) is 17.1. The summed E-state index contributed by atoms with van der Waals surface area (Å²) < 4.78 is 6.14. The lowest BCUT2D eigenvalue weighted by atomic mass is 9.86. The first-order valence-electron chi connectivity index (χ1n) is 11.1. The molecular weight excluding hydrogens is 374 g/mol. The summed E-state index contributed by atoms with van der Waals surface area (Å²) in [5.74, 6) is 0.519. The van der Waals surface area contributed by atoms with Gasteiger partial charge in [0.15, 0.2) is 0 Å². The summed E-state index contributed by atoms with van der Waals surface area (Å²) in [5, 5.41) is 1.17. The van der Waals surface area contributed by atoms with Crippen LogP contribution in [0.5, 0.6) is 0 Å². The molecule has 4 aliphatic heterocycles. The quantitative estimate of drug-likeness (QED) is 0.695. The Bertz CT molecular complexity index is 1080. The second kappa shape index (κ2) is 7.17. The van der Waals surface area contributed by atoms with Crippen molar-refractivity contribution < 1.29 is 9.53 Å². The van der Waals surface area contributed by atoms with Crippen molar-refractivity contribution in [2.24, 2.45) is 5.92 Å². The van der Waals surface area contributed by atoms with Gasteiger partial charge < -0.3 is 9.72 Å². The first-order valence-corrected chi connectivity index (χ1v) is 11.1. The van der Waals surface area contributed by atoms with E-state index >= 15 is 0 Å². The van der Waals surface area contributed by atoms with Crippen molar-refractivity contribution in [2.45, 2.75) is 31.4 Å². The van der Waals surface area contributed by atoms with Gasteiger partial charge in [0.25, 0.3) is 0 Å². The average Bonchev–Trinajstić information content (AvgIpc) is 3.27. The summed E-state index contributed by atoms with van der Waals surface area (Å²) in [6, 6.07) is 16.9. The van der Waals surface area contributed by atoms with Crippen molar-refractivity contribution >= 4 is 17.0 Å². The van der Waals surface area contributed by atoms with Gasteiger partial charge in [0.2, 0.25) is 0 Å². The number of H-pyrrole nitrogens is 1. The van der Waals surface area contributed by atoms with Gasteiger partial charge in [-0.25, -0.2) is 4.79 Å².